The van der Waals surface area contributed by atoms with E-state index in [0.29, 0.717) is 25.2 Å². The van der Waals surface area contributed by atoms with Gasteiger partial charge >= 0.3 is 0 Å². The molecule has 200 valence electrons. The van der Waals surface area contributed by atoms with Crippen molar-refractivity contribution in [1.29, 1.82) is 5.41 Å². The summed E-state index contributed by atoms with van der Waals surface area (Å²) in [6.45, 7) is 5.32. The van der Waals surface area contributed by atoms with Crippen LogP contribution in [-0.4, -0.2) is 41.8 Å². The van der Waals surface area contributed by atoms with E-state index in [1.54, 1.807) is 33.4 Å². The predicted molar refractivity (Wildman–Crippen MR) is 150 cm³/mol. The molecule has 0 amide bonds. The summed E-state index contributed by atoms with van der Waals surface area (Å²) >= 11 is 0. The Morgan fingerprint density at radius 3 is 2.54 bits per heavy atom. The summed E-state index contributed by atoms with van der Waals surface area (Å²) in [6, 6.07) is 22.0. The van der Waals surface area contributed by atoms with Crippen LogP contribution >= 0.6 is 0 Å². The van der Waals surface area contributed by atoms with Crippen molar-refractivity contribution in [3.8, 4) is 0 Å². The summed E-state index contributed by atoms with van der Waals surface area (Å²) in [5.41, 5.74) is 5.02. The number of fused-ring (bicyclic) bond motifs is 1. The third kappa shape index (κ3) is 4.17. The van der Waals surface area contributed by atoms with E-state index < -0.39 is 15.4 Å². The highest BCUT2D eigenvalue weighted by atomic mass is 32.2. The zero-order valence-electron chi connectivity index (χ0n) is 21.8. The average Bonchev–Trinajstić information content (AvgIpc) is 3.26. The molecule has 6 rings (SSSR count). The number of sulfonamides is 1. The van der Waals surface area contributed by atoms with Gasteiger partial charge in [0.05, 0.1) is 0 Å². The van der Waals surface area contributed by atoms with Crippen LogP contribution in [0.25, 0.3) is 0 Å². The van der Waals surface area contributed by atoms with Gasteiger partial charge in [-0.05, 0) is 78.9 Å². The monoisotopic (exact) mass is 543 g/mol. The van der Waals surface area contributed by atoms with E-state index in [0.717, 1.165) is 22.5 Å². The number of hydrogen-bond donors (Lipinski definition) is 2. The van der Waals surface area contributed by atoms with Crippen molar-refractivity contribution in [2.75, 3.05) is 18.4 Å². The van der Waals surface area contributed by atoms with Crippen LogP contribution in [0.3, 0.4) is 0 Å². The van der Waals surface area contributed by atoms with Gasteiger partial charge in [-0.25, -0.2) is 12.8 Å². The first-order valence-electron chi connectivity index (χ1n) is 13.0. The van der Waals surface area contributed by atoms with Gasteiger partial charge in [-0.2, -0.15) is 9.40 Å². The minimum absolute atomic E-state index is 0.0767. The molecule has 1 aliphatic carbocycles. The smallest absolute Gasteiger partial charge is 0.262 e. The second-order valence-corrected chi connectivity index (χ2v) is 12.3. The number of nitrogens with zero attached hydrogens (tertiary/aromatic N) is 3. The molecule has 4 aromatic rings. The van der Waals surface area contributed by atoms with Gasteiger partial charge in [0.2, 0.25) is 0 Å². The van der Waals surface area contributed by atoms with Crippen LogP contribution in [-0.2, 0) is 22.0 Å². The molecule has 2 fully saturated rings. The van der Waals surface area contributed by atoms with Gasteiger partial charge in [0, 0.05) is 60.3 Å². The molecule has 7 nitrogen and oxygen atoms in total. The summed E-state index contributed by atoms with van der Waals surface area (Å²) in [5, 5.41) is 15.8. The highest BCUT2D eigenvalue weighted by Gasteiger charge is 2.71. The molecule has 0 radical (unpaired) electrons. The van der Waals surface area contributed by atoms with Crippen molar-refractivity contribution in [2.45, 2.75) is 36.8 Å². The normalized spacial score (nSPS) is 22.4. The van der Waals surface area contributed by atoms with E-state index in [1.807, 2.05) is 44.2 Å². The molecule has 1 aromatic heterocycles. The van der Waals surface area contributed by atoms with Crippen molar-refractivity contribution in [3.05, 3.63) is 107 Å². The molecule has 1 saturated carbocycles. The number of aryl methyl sites for hydroxylation is 2. The Morgan fingerprint density at radius 2 is 1.87 bits per heavy atom. The zero-order chi connectivity index (χ0) is 27.4. The number of piperidine rings is 1. The lowest BCUT2D eigenvalue weighted by atomic mass is 9.86. The fourth-order valence-electron chi connectivity index (χ4n) is 6.34. The molecule has 0 unspecified atom stereocenters. The van der Waals surface area contributed by atoms with Crippen molar-refractivity contribution >= 4 is 27.6 Å². The van der Waals surface area contributed by atoms with E-state index in [4.69, 9.17) is 5.41 Å². The maximum Gasteiger partial charge on any atom is 0.262 e. The van der Waals surface area contributed by atoms with Gasteiger partial charge < -0.3 is 10.7 Å². The number of anilines is 2. The van der Waals surface area contributed by atoms with Crippen molar-refractivity contribution < 1.29 is 12.8 Å². The number of aromatic nitrogens is 2. The van der Waals surface area contributed by atoms with Gasteiger partial charge in [-0.15, -0.1) is 0 Å². The van der Waals surface area contributed by atoms with E-state index in [9.17, 15) is 12.8 Å². The van der Waals surface area contributed by atoms with Crippen LogP contribution < -0.4 is 5.32 Å². The second-order valence-electron chi connectivity index (χ2n) is 10.4. The predicted octanol–water partition coefficient (Wildman–Crippen LogP) is 5.45. The molecule has 0 bridgehead atoms. The second kappa shape index (κ2) is 9.43. The standard InChI is InChI=1S/C30H30FN5O2S/c1-3-35-14-13-28(34-35)39(37,38)36-18-26-29(21-7-5-4-6-8-21)30(26,19-36)25-16-22(17-32)27(15-20(25)2)33-24-11-9-23(31)10-12-24/h4-17,26,29,32-33H,3,18-19H2,1-2H3/t26-,29-,30+/m0/s1. The lowest BCUT2D eigenvalue weighted by Gasteiger charge is -2.25. The van der Waals surface area contributed by atoms with Gasteiger partial charge in [0.25, 0.3) is 10.0 Å². The molecule has 2 heterocycles. The molecule has 9 heteroatoms. The van der Waals surface area contributed by atoms with E-state index >= 15 is 0 Å². The number of hydrogen-bond acceptors (Lipinski definition) is 5. The Kier molecular flexibility index (Phi) is 6.15. The van der Waals surface area contributed by atoms with Crippen LogP contribution in [0, 0.1) is 24.1 Å². The third-order valence-corrected chi connectivity index (χ3v) is 9.93. The van der Waals surface area contributed by atoms with E-state index in [-0.39, 0.29) is 22.7 Å². The van der Waals surface area contributed by atoms with Crippen molar-refractivity contribution in [1.82, 2.24) is 14.1 Å². The Balaban J connectivity index is 1.40. The summed E-state index contributed by atoms with van der Waals surface area (Å²) in [6.07, 6.45) is 3.00. The van der Waals surface area contributed by atoms with Crippen molar-refractivity contribution in [2.24, 2.45) is 5.92 Å². The summed E-state index contributed by atoms with van der Waals surface area (Å²) in [5.74, 6) is -0.0324. The lowest BCUT2D eigenvalue weighted by molar-refractivity contribution is 0.418. The minimum Gasteiger partial charge on any atom is -0.355 e. The Labute approximate surface area is 227 Å². The van der Waals surface area contributed by atoms with Gasteiger partial charge in [-0.3, -0.25) is 4.68 Å². The molecular formula is C30H30FN5O2S. The first-order chi connectivity index (χ1) is 18.8. The van der Waals surface area contributed by atoms with Crippen molar-refractivity contribution in [3.63, 3.8) is 0 Å². The fraction of sp³-hybridized carbons (Fsp3) is 0.267. The SMILES string of the molecule is CCn1ccc(S(=O)(=O)N2C[C@H]3[C@H](c4ccccc4)[C@@]3(c3cc(C=N)c(Nc4ccc(F)cc4)cc3C)C2)n1. The van der Waals surface area contributed by atoms with Crippen LogP contribution in [0.5, 0.6) is 0 Å². The van der Waals surface area contributed by atoms with Crippen LogP contribution in [0.15, 0.2) is 84.0 Å². The van der Waals surface area contributed by atoms with Gasteiger partial charge in [0.15, 0.2) is 5.03 Å². The first kappa shape index (κ1) is 25.5. The fourth-order valence-corrected chi connectivity index (χ4v) is 7.78. The third-order valence-electron chi connectivity index (χ3n) is 8.23. The summed E-state index contributed by atoms with van der Waals surface area (Å²) in [4.78, 5) is 0. The molecule has 0 spiro atoms. The first-order valence-corrected chi connectivity index (χ1v) is 14.5. The Bertz CT molecular complexity index is 1650. The average molecular weight is 544 g/mol. The molecule has 2 aliphatic rings. The van der Waals surface area contributed by atoms with E-state index in [1.165, 1.54) is 23.9 Å². The number of rotatable bonds is 8. The quantitative estimate of drug-likeness (QED) is 0.289. The largest absolute Gasteiger partial charge is 0.355 e. The maximum atomic E-state index is 13.6. The molecule has 2 N–H and O–H groups in total. The van der Waals surface area contributed by atoms with Crippen LogP contribution in [0.1, 0.15) is 35.1 Å². The summed E-state index contributed by atoms with van der Waals surface area (Å²) in [7, 11) is -3.75. The van der Waals surface area contributed by atoms with E-state index in [2.05, 4.69) is 22.5 Å². The van der Waals surface area contributed by atoms with Gasteiger partial charge in [0.1, 0.15) is 5.82 Å². The Hall–Kier alpha value is -3.82. The van der Waals surface area contributed by atoms with Gasteiger partial charge in [-0.1, -0.05) is 30.3 Å². The maximum absolute atomic E-state index is 13.6. The number of nitrogens with one attached hydrogen (secondary N) is 2. The molecule has 1 aliphatic heterocycles. The lowest BCUT2D eigenvalue weighted by Crippen LogP contribution is -2.35. The molecule has 39 heavy (non-hydrogen) atoms. The highest BCUT2D eigenvalue weighted by Crippen LogP contribution is 2.70. The van der Waals surface area contributed by atoms with Crippen LogP contribution in [0.2, 0.25) is 0 Å². The molecule has 3 atom stereocenters. The Morgan fingerprint density at radius 1 is 1.13 bits per heavy atom. The number of halogens is 1. The zero-order valence-corrected chi connectivity index (χ0v) is 22.6. The summed E-state index contributed by atoms with van der Waals surface area (Å²) < 4.78 is 43.8. The highest BCUT2D eigenvalue weighted by molar-refractivity contribution is 7.89. The molecule has 1 saturated heterocycles. The number of benzene rings is 3. The molecule has 3 aromatic carbocycles. The topological polar surface area (TPSA) is 91.1 Å². The molecular weight excluding hydrogens is 513 g/mol. The van der Waals surface area contributed by atoms with Crippen LogP contribution in [0.4, 0.5) is 15.8 Å². The minimum atomic E-state index is -3.75.